The molecule has 0 fully saturated rings. The first-order chi connectivity index (χ1) is 13.9. The fourth-order valence-corrected chi connectivity index (χ4v) is 3.62. The summed E-state index contributed by atoms with van der Waals surface area (Å²) in [5, 5.41) is 3.62. The molecule has 0 atom stereocenters. The van der Waals surface area contributed by atoms with E-state index in [1.165, 1.54) is 28.8 Å². The van der Waals surface area contributed by atoms with E-state index in [2.05, 4.69) is 10.3 Å². The molecule has 0 aliphatic carbocycles. The summed E-state index contributed by atoms with van der Waals surface area (Å²) < 4.78 is 18.4. The van der Waals surface area contributed by atoms with E-state index >= 15 is 0 Å². The van der Waals surface area contributed by atoms with Crippen molar-refractivity contribution >= 4 is 29.3 Å². The Morgan fingerprint density at radius 3 is 2.69 bits per heavy atom. The van der Waals surface area contributed by atoms with Crippen LogP contribution in [0.15, 0.2) is 35.4 Å². The first kappa shape index (κ1) is 22.8. The molecular formula is C21H26FN3O3S. The monoisotopic (exact) mass is 419 g/mol. The number of anilines is 1. The third-order valence-electron chi connectivity index (χ3n) is 4.11. The van der Waals surface area contributed by atoms with E-state index in [4.69, 9.17) is 4.74 Å². The van der Waals surface area contributed by atoms with Crippen LogP contribution in [-0.4, -0.2) is 42.8 Å². The van der Waals surface area contributed by atoms with Gasteiger partial charge in [0.15, 0.2) is 0 Å². The lowest BCUT2D eigenvalue weighted by Crippen LogP contribution is -2.28. The second kappa shape index (κ2) is 10.9. The molecule has 0 saturated heterocycles. The minimum absolute atomic E-state index is 0.0911. The molecule has 0 spiro atoms. The number of aryl methyl sites for hydroxylation is 1. The number of carbonyl (C=O) groups excluding carboxylic acids is 2. The van der Waals surface area contributed by atoms with Gasteiger partial charge < -0.3 is 15.0 Å². The second-order valence-electron chi connectivity index (χ2n) is 6.30. The van der Waals surface area contributed by atoms with Crippen LogP contribution in [0.1, 0.15) is 35.5 Å². The predicted octanol–water partition coefficient (Wildman–Crippen LogP) is 3.57. The van der Waals surface area contributed by atoms with Gasteiger partial charge in [-0.25, -0.2) is 9.37 Å². The topological polar surface area (TPSA) is 71.5 Å². The predicted molar refractivity (Wildman–Crippen MR) is 113 cm³/mol. The maximum Gasteiger partial charge on any atom is 0.319 e. The largest absolute Gasteiger partial charge is 0.465 e. The Labute approximate surface area is 174 Å². The van der Waals surface area contributed by atoms with E-state index in [0.29, 0.717) is 29.4 Å². The number of thioether (sulfide) groups is 1. The Hall–Kier alpha value is -2.45. The zero-order valence-corrected chi connectivity index (χ0v) is 17.9. The number of pyridine rings is 1. The number of esters is 1. The maximum atomic E-state index is 13.6. The van der Waals surface area contributed by atoms with Gasteiger partial charge in [0.1, 0.15) is 10.8 Å². The van der Waals surface area contributed by atoms with Gasteiger partial charge in [0.05, 0.1) is 24.4 Å². The van der Waals surface area contributed by atoms with Gasteiger partial charge >= 0.3 is 5.97 Å². The van der Waals surface area contributed by atoms with Crippen molar-refractivity contribution in [2.75, 3.05) is 30.9 Å². The first-order valence-electron chi connectivity index (χ1n) is 9.40. The zero-order valence-electron chi connectivity index (χ0n) is 17.1. The molecule has 0 saturated carbocycles. The number of halogens is 1. The van der Waals surface area contributed by atoms with Gasteiger partial charge in [-0.05, 0) is 49.4 Å². The number of hydrogen-bond donors (Lipinski definition) is 1. The lowest BCUT2D eigenvalue weighted by atomic mass is 10.1. The van der Waals surface area contributed by atoms with Crippen LogP contribution < -0.4 is 10.2 Å². The molecule has 6 nitrogen and oxygen atoms in total. The lowest BCUT2D eigenvalue weighted by molar-refractivity contribution is -0.142. The smallest absolute Gasteiger partial charge is 0.319 e. The minimum atomic E-state index is -0.400. The highest BCUT2D eigenvalue weighted by molar-refractivity contribution is 7.99. The average Bonchev–Trinajstić information content (AvgIpc) is 2.67. The van der Waals surface area contributed by atoms with Crippen molar-refractivity contribution in [3.8, 4) is 0 Å². The van der Waals surface area contributed by atoms with Crippen LogP contribution in [0.3, 0.4) is 0 Å². The van der Waals surface area contributed by atoms with Crippen LogP contribution in [-0.2, 0) is 16.1 Å². The zero-order chi connectivity index (χ0) is 21.4. The number of amides is 1. The van der Waals surface area contributed by atoms with Crippen molar-refractivity contribution in [1.82, 2.24) is 10.3 Å². The van der Waals surface area contributed by atoms with Crippen molar-refractivity contribution in [3.05, 3.63) is 53.0 Å². The summed E-state index contributed by atoms with van der Waals surface area (Å²) in [7, 11) is 1.62. The fraction of sp³-hybridized carbons (Fsp3) is 0.381. The number of ether oxygens (including phenoxy) is 1. The Kier molecular flexibility index (Phi) is 8.60. The highest BCUT2D eigenvalue weighted by Crippen LogP contribution is 2.27. The second-order valence-corrected chi connectivity index (χ2v) is 7.55. The molecule has 2 rings (SSSR count). The third kappa shape index (κ3) is 6.27. The normalized spacial score (nSPS) is 10.7. The summed E-state index contributed by atoms with van der Waals surface area (Å²) in [4.78, 5) is 30.6. The molecular weight excluding hydrogens is 393 g/mol. The number of hydrogen-bond acceptors (Lipinski definition) is 6. The molecule has 1 aromatic carbocycles. The maximum absolute atomic E-state index is 13.6. The van der Waals surface area contributed by atoms with Crippen molar-refractivity contribution in [1.29, 1.82) is 0 Å². The van der Waals surface area contributed by atoms with Crippen molar-refractivity contribution in [2.45, 2.75) is 32.3 Å². The molecule has 0 bridgehead atoms. The number of carbonyl (C=O) groups is 2. The Morgan fingerprint density at radius 2 is 2.03 bits per heavy atom. The number of aromatic nitrogens is 1. The van der Waals surface area contributed by atoms with E-state index in [1.807, 2.05) is 19.9 Å². The molecule has 1 aromatic heterocycles. The summed E-state index contributed by atoms with van der Waals surface area (Å²) in [6.45, 7) is 6.40. The molecule has 0 aliphatic rings. The Bertz CT molecular complexity index is 876. The summed E-state index contributed by atoms with van der Waals surface area (Å²) in [5.41, 5.74) is 2.48. The summed E-state index contributed by atoms with van der Waals surface area (Å²) in [5.74, 6) is -0.225. The van der Waals surface area contributed by atoms with E-state index in [0.717, 1.165) is 17.0 Å². The van der Waals surface area contributed by atoms with Crippen LogP contribution in [0.5, 0.6) is 0 Å². The van der Waals surface area contributed by atoms with Gasteiger partial charge in [-0.3, -0.25) is 9.59 Å². The van der Waals surface area contributed by atoms with Gasteiger partial charge in [-0.2, -0.15) is 0 Å². The molecule has 1 N–H and O–H groups in total. The minimum Gasteiger partial charge on any atom is -0.465 e. The van der Waals surface area contributed by atoms with Gasteiger partial charge in [0, 0.05) is 19.3 Å². The van der Waals surface area contributed by atoms with Gasteiger partial charge in [0.2, 0.25) is 0 Å². The average molecular weight is 420 g/mol. The van der Waals surface area contributed by atoms with Crippen LogP contribution in [0.4, 0.5) is 10.1 Å². The van der Waals surface area contributed by atoms with Crippen molar-refractivity contribution < 1.29 is 18.7 Å². The number of benzene rings is 1. The Morgan fingerprint density at radius 1 is 1.28 bits per heavy atom. The SMILES string of the molecule is CCOC(=O)CNCc1cc(C)c(C(=O)N(C)c2cccc(F)c2)c(SCC)n1. The first-order valence-corrected chi connectivity index (χ1v) is 10.4. The standard InChI is InChI=1S/C21H26FN3O3S/c1-5-28-18(26)13-23-12-16-10-14(3)19(20(24-16)29-6-2)21(27)25(4)17-9-7-8-15(22)11-17/h7-11,23H,5-6,12-13H2,1-4H3. The van der Waals surface area contributed by atoms with Crippen LogP contribution >= 0.6 is 11.8 Å². The quantitative estimate of drug-likeness (QED) is 0.495. The number of nitrogens with one attached hydrogen (secondary N) is 1. The van der Waals surface area contributed by atoms with Crippen molar-refractivity contribution in [2.24, 2.45) is 0 Å². The number of nitrogens with zero attached hydrogens (tertiary/aromatic N) is 2. The van der Waals surface area contributed by atoms with Crippen LogP contribution in [0.25, 0.3) is 0 Å². The Balaban J connectivity index is 2.24. The molecule has 0 unspecified atom stereocenters. The highest BCUT2D eigenvalue weighted by atomic mass is 32.2. The summed E-state index contributed by atoms with van der Waals surface area (Å²) in [6, 6.07) is 7.74. The van der Waals surface area contributed by atoms with E-state index in [9.17, 15) is 14.0 Å². The van der Waals surface area contributed by atoms with E-state index in [1.54, 1.807) is 26.1 Å². The molecule has 8 heteroatoms. The van der Waals surface area contributed by atoms with Gasteiger partial charge in [-0.1, -0.05) is 13.0 Å². The fourth-order valence-electron chi connectivity index (χ4n) is 2.78. The molecule has 29 heavy (non-hydrogen) atoms. The van der Waals surface area contributed by atoms with Gasteiger partial charge in [0.25, 0.3) is 5.91 Å². The molecule has 2 aromatic rings. The summed E-state index contributed by atoms with van der Waals surface area (Å²) in [6.07, 6.45) is 0. The van der Waals surface area contributed by atoms with Crippen LogP contribution in [0.2, 0.25) is 0 Å². The molecule has 1 amide bonds. The number of rotatable bonds is 9. The van der Waals surface area contributed by atoms with Gasteiger partial charge in [-0.15, -0.1) is 11.8 Å². The van der Waals surface area contributed by atoms with Crippen molar-refractivity contribution in [3.63, 3.8) is 0 Å². The van der Waals surface area contributed by atoms with Crippen LogP contribution in [0, 0.1) is 12.7 Å². The van der Waals surface area contributed by atoms with E-state index < -0.39 is 5.82 Å². The van der Waals surface area contributed by atoms with E-state index in [-0.39, 0.29) is 18.4 Å². The molecule has 156 valence electrons. The third-order valence-corrected chi connectivity index (χ3v) is 4.97. The molecule has 0 aliphatic heterocycles. The molecule has 0 radical (unpaired) electrons. The lowest BCUT2D eigenvalue weighted by Gasteiger charge is -2.21. The highest BCUT2D eigenvalue weighted by Gasteiger charge is 2.22. The summed E-state index contributed by atoms with van der Waals surface area (Å²) >= 11 is 1.47. The molecule has 1 heterocycles.